The van der Waals surface area contributed by atoms with Crippen molar-refractivity contribution in [1.82, 2.24) is 19.7 Å². The molecule has 1 amide bonds. The minimum Gasteiger partial charge on any atom is -0.451 e. The zero-order chi connectivity index (χ0) is 20.3. The minimum atomic E-state index is -0.320. The molecule has 0 aliphatic rings. The van der Waals surface area contributed by atoms with Gasteiger partial charge >= 0.3 is 0 Å². The maximum absolute atomic E-state index is 12.4. The number of para-hydroxylation sites is 1. The third-order valence-corrected chi connectivity index (χ3v) is 4.35. The van der Waals surface area contributed by atoms with Crippen molar-refractivity contribution in [3.63, 3.8) is 0 Å². The van der Waals surface area contributed by atoms with Gasteiger partial charge in [0.05, 0.1) is 0 Å². The van der Waals surface area contributed by atoms with Crippen molar-refractivity contribution in [2.24, 2.45) is 0 Å². The summed E-state index contributed by atoms with van der Waals surface area (Å²) in [4.78, 5) is 20.7. The molecular formula is C22H15N5O3. The fourth-order valence-electron chi connectivity index (χ4n) is 2.93. The first-order chi connectivity index (χ1) is 14.7. The van der Waals surface area contributed by atoms with Crippen LogP contribution in [0.3, 0.4) is 0 Å². The largest absolute Gasteiger partial charge is 0.451 e. The second kappa shape index (κ2) is 7.51. The standard InChI is InChI=1S/C22H15N5O3/c28-22(19-12-15-4-1-2-5-18(15)30-19)26-16-6-8-17(9-7-16)29-21-13-20(23-14-24-21)27-11-3-10-25-27/h1-14H,(H,26,28). The van der Waals surface area contributed by atoms with Crippen LogP contribution in [0.2, 0.25) is 0 Å². The molecule has 0 spiro atoms. The number of hydrogen-bond acceptors (Lipinski definition) is 6. The SMILES string of the molecule is O=C(Nc1ccc(Oc2cc(-n3cccn3)ncn2)cc1)c1cc2ccccc2o1. The Balaban J connectivity index is 1.27. The number of carbonyl (C=O) groups is 1. The highest BCUT2D eigenvalue weighted by Gasteiger charge is 2.12. The van der Waals surface area contributed by atoms with E-state index in [1.54, 1.807) is 59.5 Å². The summed E-state index contributed by atoms with van der Waals surface area (Å²) in [6, 6.07) is 19.6. The predicted molar refractivity (Wildman–Crippen MR) is 110 cm³/mol. The number of furan rings is 1. The van der Waals surface area contributed by atoms with E-state index in [0.29, 0.717) is 28.7 Å². The Labute approximate surface area is 170 Å². The number of aromatic nitrogens is 4. The van der Waals surface area contributed by atoms with Crippen LogP contribution in [0.15, 0.2) is 89.9 Å². The summed E-state index contributed by atoms with van der Waals surface area (Å²) >= 11 is 0. The molecule has 146 valence electrons. The monoisotopic (exact) mass is 397 g/mol. The summed E-state index contributed by atoms with van der Waals surface area (Å²) in [5.41, 5.74) is 1.29. The van der Waals surface area contributed by atoms with E-state index in [-0.39, 0.29) is 11.7 Å². The number of fused-ring (bicyclic) bond motifs is 1. The lowest BCUT2D eigenvalue weighted by Crippen LogP contribution is -2.10. The quantitative estimate of drug-likeness (QED) is 0.471. The first kappa shape index (κ1) is 17.6. The molecule has 0 saturated heterocycles. The fraction of sp³-hybridized carbons (Fsp3) is 0. The van der Waals surface area contributed by atoms with E-state index in [1.807, 2.05) is 24.3 Å². The Morgan fingerprint density at radius 1 is 1.00 bits per heavy atom. The van der Waals surface area contributed by atoms with Crippen LogP contribution in [-0.2, 0) is 0 Å². The van der Waals surface area contributed by atoms with Crippen molar-refractivity contribution in [3.05, 3.63) is 91.2 Å². The van der Waals surface area contributed by atoms with Crippen LogP contribution in [0.4, 0.5) is 5.69 Å². The van der Waals surface area contributed by atoms with Gasteiger partial charge in [-0.15, -0.1) is 0 Å². The maximum Gasteiger partial charge on any atom is 0.291 e. The van der Waals surface area contributed by atoms with Crippen LogP contribution < -0.4 is 10.1 Å². The molecule has 8 nitrogen and oxygen atoms in total. The molecular weight excluding hydrogens is 382 g/mol. The predicted octanol–water partition coefficient (Wildman–Crippen LogP) is 4.45. The van der Waals surface area contributed by atoms with E-state index in [2.05, 4.69) is 20.4 Å². The molecule has 2 aromatic carbocycles. The molecule has 0 saturated carbocycles. The summed E-state index contributed by atoms with van der Waals surface area (Å²) in [5.74, 6) is 1.49. The number of benzene rings is 2. The normalized spacial score (nSPS) is 10.8. The molecule has 5 aromatic rings. The number of anilines is 1. The van der Waals surface area contributed by atoms with Gasteiger partial charge in [0.15, 0.2) is 11.6 Å². The van der Waals surface area contributed by atoms with E-state index >= 15 is 0 Å². The lowest BCUT2D eigenvalue weighted by molar-refractivity contribution is 0.0998. The minimum absolute atomic E-state index is 0.253. The van der Waals surface area contributed by atoms with E-state index in [4.69, 9.17) is 9.15 Å². The highest BCUT2D eigenvalue weighted by Crippen LogP contribution is 2.24. The molecule has 0 atom stereocenters. The third-order valence-electron chi connectivity index (χ3n) is 4.35. The maximum atomic E-state index is 12.4. The van der Waals surface area contributed by atoms with Crippen molar-refractivity contribution in [3.8, 4) is 17.4 Å². The smallest absolute Gasteiger partial charge is 0.291 e. The van der Waals surface area contributed by atoms with Crippen molar-refractivity contribution >= 4 is 22.6 Å². The number of rotatable bonds is 5. The Morgan fingerprint density at radius 2 is 1.87 bits per heavy atom. The van der Waals surface area contributed by atoms with Gasteiger partial charge in [0, 0.05) is 29.5 Å². The highest BCUT2D eigenvalue weighted by atomic mass is 16.5. The molecule has 0 aliphatic carbocycles. The molecule has 0 unspecified atom stereocenters. The van der Waals surface area contributed by atoms with Crippen molar-refractivity contribution < 1.29 is 13.9 Å². The second-order valence-electron chi connectivity index (χ2n) is 6.39. The lowest BCUT2D eigenvalue weighted by atomic mass is 10.2. The average Bonchev–Trinajstić information content (AvgIpc) is 3.45. The lowest BCUT2D eigenvalue weighted by Gasteiger charge is -2.07. The first-order valence-electron chi connectivity index (χ1n) is 9.14. The summed E-state index contributed by atoms with van der Waals surface area (Å²) < 4.78 is 13.0. The van der Waals surface area contributed by atoms with Crippen LogP contribution in [0.25, 0.3) is 16.8 Å². The van der Waals surface area contributed by atoms with Gasteiger partial charge in [0.1, 0.15) is 17.7 Å². The highest BCUT2D eigenvalue weighted by molar-refractivity contribution is 6.04. The van der Waals surface area contributed by atoms with Crippen molar-refractivity contribution in [2.75, 3.05) is 5.32 Å². The first-order valence-corrected chi connectivity index (χ1v) is 9.14. The average molecular weight is 397 g/mol. The number of nitrogens with zero attached hydrogens (tertiary/aromatic N) is 4. The van der Waals surface area contributed by atoms with Gasteiger partial charge in [-0.2, -0.15) is 5.10 Å². The molecule has 5 rings (SSSR count). The van der Waals surface area contributed by atoms with Gasteiger partial charge < -0.3 is 14.5 Å². The van der Waals surface area contributed by atoms with Crippen LogP contribution >= 0.6 is 0 Å². The summed E-state index contributed by atoms with van der Waals surface area (Å²) in [7, 11) is 0. The molecule has 30 heavy (non-hydrogen) atoms. The van der Waals surface area contributed by atoms with Gasteiger partial charge in [-0.1, -0.05) is 18.2 Å². The molecule has 3 aromatic heterocycles. The van der Waals surface area contributed by atoms with Crippen LogP contribution in [0, 0.1) is 0 Å². The van der Waals surface area contributed by atoms with Crippen molar-refractivity contribution in [2.45, 2.75) is 0 Å². The Bertz CT molecular complexity index is 1280. The summed E-state index contributed by atoms with van der Waals surface area (Å²) in [6.07, 6.45) is 4.86. The third kappa shape index (κ3) is 3.61. The Hall–Kier alpha value is -4.46. The zero-order valence-corrected chi connectivity index (χ0v) is 15.6. The van der Waals surface area contributed by atoms with E-state index in [0.717, 1.165) is 5.39 Å². The van der Waals surface area contributed by atoms with Gasteiger partial charge in [-0.05, 0) is 42.5 Å². The Morgan fingerprint density at radius 3 is 2.67 bits per heavy atom. The topological polar surface area (TPSA) is 95.1 Å². The molecule has 3 heterocycles. The van der Waals surface area contributed by atoms with Gasteiger partial charge in [0.2, 0.25) is 5.88 Å². The van der Waals surface area contributed by atoms with Crippen LogP contribution in [-0.4, -0.2) is 25.7 Å². The number of carbonyl (C=O) groups excluding carboxylic acids is 1. The summed E-state index contributed by atoms with van der Waals surface area (Å²) in [5, 5.41) is 7.83. The van der Waals surface area contributed by atoms with Crippen LogP contribution in [0.5, 0.6) is 11.6 Å². The zero-order valence-electron chi connectivity index (χ0n) is 15.6. The molecule has 0 bridgehead atoms. The van der Waals surface area contributed by atoms with Gasteiger partial charge in [-0.25, -0.2) is 14.6 Å². The fourth-order valence-corrected chi connectivity index (χ4v) is 2.93. The molecule has 0 aliphatic heterocycles. The second-order valence-corrected chi connectivity index (χ2v) is 6.39. The van der Waals surface area contributed by atoms with Gasteiger partial charge in [-0.3, -0.25) is 4.79 Å². The van der Waals surface area contributed by atoms with Gasteiger partial charge in [0.25, 0.3) is 5.91 Å². The number of amides is 1. The summed E-state index contributed by atoms with van der Waals surface area (Å²) in [6.45, 7) is 0. The van der Waals surface area contributed by atoms with Crippen molar-refractivity contribution in [1.29, 1.82) is 0 Å². The van der Waals surface area contributed by atoms with Crippen LogP contribution in [0.1, 0.15) is 10.6 Å². The number of ether oxygens (including phenoxy) is 1. The van der Waals surface area contributed by atoms with E-state index in [9.17, 15) is 4.79 Å². The number of nitrogens with one attached hydrogen (secondary N) is 1. The number of hydrogen-bond donors (Lipinski definition) is 1. The van der Waals surface area contributed by atoms with E-state index in [1.165, 1.54) is 6.33 Å². The molecule has 0 fully saturated rings. The molecule has 8 heteroatoms. The molecule has 1 N–H and O–H groups in total. The van der Waals surface area contributed by atoms with E-state index < -0.39 is 0 Å². The molecule has 0 radical (unpaired) electrons. The Kier molecular flexibility index (Phi) is 4.41.